The second-order valence-corrected chi connectivity index (χ2v) is 5.26. The Kier molecular flexibility index (Phi) is 5.49. The maximum atomic E-state index is 12.3. The van der Waals surface area contributed by atoms with Gasteiger partial charge in [0.15, 0.2) is 0 Å². The van der Waals surface area contributed by atoms with Crippen LogP contribution >= 0.6 is 0 Å². The number of amides is 1. The molecule has 0 heterocycles. The molecular weight excluding hydrogens is 319 g/mol. The summed E-state index contributed by atoms with van der Waals surface area (Å²) in [5.41, 5.74) is 1.79. The maximum Gasteiger partial charge on any atom is 0.471 e. The zero-order valence-electron chi connectivity index (χ0n) is 13.2. The molecule has 0 spiro atoms. The fourth-order valence-electron chi connectivity index (χ4n) is 2.67. The summed E-state index contributed by atoms with van der Waals surface area (Å²) >= 11 is 0. The number of ether oxygens (including phenoxy) is 1. The first-order valence-corrected chi connectivity index (χ1v) is 7.42. The quantitative estimate of drug-likeness (QED) is 0.814. The Morgan fingerprint density at radius 3 is 2.67 bits per heavy atom. The van der Waals surface area contributed by atoms with Crippen LogP contribution in [0.4, 0.5) is 13.2 Å². The number of allylic oxidation sites excluding steroid dienone is 1. The first-order valence-electron chi connectivity index (χ1n) is 7.42. The number of benzene rings is 2. The van der Waals surface area contributed by atoms with Crippen LogP contribution in [0.1, 0.15) is 11.1 Å². The Balaban J connectivity index is 2.33. The maximum absolute atomic E-state index is 12.3. The minimum atomic E-state index is -4.87. The highest BCUT2D eigenvalue weighted by molar-refractivity contribution is 5.91. The molecule has 1 amide bonds. The normalized spacial score (nSPS) is 11.3. The molecule has 1 N–H and O–H groups in total. The van der Waals surface area contributed by atoms with Crippen molar-refractivity contribution in [1.29, 1.82) is 0 Å². The number of nitrogens with one attached hydrogen (secondary N) is 1. The van der Waals surface area contributed by atoms with Crippen LogP contribution in [0.5, 0.6) is 5.75 Å². The lowest BCUT2D eigenvalue weighted by Gasteiger charge is -2.15. The number of rotatable bonds is 6. The zero-order valence-corrected chi connectivity index (χ0v) is 13.2. The average molecular weight is 337 g/mol. The minimum Gasteiger partial charge on any atom is -0.496 e. The van der Waals surface area contributed by atoms with Gasteiger partial charge in [0.1, 0.15) is 5.75 Å². The Morgan fingerprint density at radius 2 is 2.04 bits per heavy atom. The number of fused-ring (bicyclic) bond motifs is 1. The second-order valence-electron chi connectivity index (χ2n) is 5.26. The fraction of sp³-hybridized carbons (Fsp3) is 0.278. The van der Waals surface area contributed by atoms with E-state index in [0.29, 0.717) is 12.2 Å². The van der Waals surface area contributed by atoms with E-state index in [1.54, 1.807) is 13.2 Å². The molecule has 3 nitrogen and oxygen atoms in total. The van der Waals surface area contributed by atoms with Crippen molar-refractivity contribution in [2.24, 2.45) is 0 Å². The molecule has 0 fully saturated rings. The van der Waals surface area contributed by atoms with Gasteiger partial charge in [-0.1, -0.05) is 30.3 Å². The van der Waals surface area contributed by atoms with E-state index in [1.807, 2.05) is 35.6 Å². The SMILES string of the molecule is C=CCc1c(OC)ccc2cccc(CCNC(=O)C(F)(F)F)c12. The summed E-state index contributed by atoms with van der Waals surface area (Å²) in [6, 6.07) is 9.37. The third-order valence-corrected chi connectivity index (χ3v) is 3.70. The van der Waals surface area contributed by atoms with Gasteiger partial charge in [0.2, 0.25) is 0 Å². The number of methoxy groups -OCH3 is 1. The first-order chi connectivity index (χ1) is 11.4. The van der Waals surface area contributed by atoms with Crippen LogP contribution in [0.3, 0.4) is 0 Å². The van der Waals surface area contributed by atoms with E-state index in [9.17, 15) is 18.0 Å². The van der Waals surface area contributed by atoms with Gasteiger partial charge in [0.05, 0.1) is 7.11 Å². The highest BCUT2D eigenvalue weighted by atomic mass is 19.4. The molecule has 2 rings (SSSR count). The Hall–Kier alpha value is -2.50. The summed E-state index contributed by atoms with van der Waals surface area (Å²) < 4.78 is 42.1. The van der Waals surface area contributed by atoms with E-state index < -0.39 is 12.1 Å². The Morgan fingerprint density at radius 1 is 1.29 bits per heavy atom. The molecule has 128 valence electrons. The lowest BCUT2D eigenvalue weighted by molar-refractivity contribution is -0.173. The van der Waals surface area contributed by atoms with Gasteiger partial charge in [-0.15, -0.1) is 6.58 Å². The highest BCUT2D eigenvalue weighted by Gasteiger charge is 2.38. The molecule has 0 saturated carbocycles. The number of carbonyl (C=O) groups is 1. The smallest absolute Gasteiger partial charge is 0.471 e. The average Bonchev–Trinajstić information content (AvgIpc) is 2.54. The summed E-state index contributed by atoms with van der Waals surface area (Å²) in [6.45, 7) is 3.65. The van der Waals surface area contributed by atoms with Crippen LogP contribution < -0.4 is 10.1 Å². The predicted octanol–water partition coefficient (Wildman–Crippen LogP) is 3.80. The van der Waals surface area contributed by atoms with E-state index in [2.05, 4.69) is 6.58 Å². The molecule has 0 aliphatic heterocycles. The lowest BCUT2D eigenvalue weighted by Crippen LogP contribution is -2.37. The molecular formula is C18H18F3NO2. The number of alkyl halides is 3. The van der Waals surface area contributed by atoms with Crippen molar-refractivity contribution in [2.45, 2.75) is 19.0 Å². The van der Waals surface area contributed by atoms with Gasteiger partial charge < -0.3 is 10.1 Å². The largest absolute Gasteiger partial charge is 0.496 e. The van der Waals surface area contributed by atoms with Gasteiger partial charge in [-0.05, 0) is 35.2 Å². The van der Waals surface area contributed by atoms with Gasteiger partial charge in [0, 0.05) is 12.1 Å². The molecule has 0 radical (unpaired) electrons. The van der Waals surface area contributed by atoms with Gasteiger partial charge in [-0.25, -0.2) is 0 Å². The van der Waals surface area contributed by atoms with E-state index in [4.69, 9.17) is 4.74 Å². The van der Waals surface area contributed by atoms with Crippen LogP contribution in [0.2, 0.25) is 0 Å². The molecule has 2 aromatic rings. The Labute approximate surface area is 138 Å². The van der Waals surface area contributed by atoms with Crippen molar-refractivity contribution >= 4 is 16.7 Å². The second kappa shape index (κ2) is 7.38. The molecule has 2 aromatic carbocycles. The predicted molar refractivity (Wildman–Crippen MR) is 87.2 cm³/mol. The van der Waals surface area contributed by atoms with Crippen molar-refractivity contribution in [2.75, 3.05) is 13.7 Å². The van der Waals surface area contributed by atoms with Crippen LogP contribution in [0, 0.1) is 0 Å². The molecule has 0 aliphatic rings. The molecule has 0 aromatic heterocycles. The van der Waals surface area contributed by atoms with Crippen LogP contribution in [0.25, 0.3) is 10.8 Å². The van der Waals surface area contributed by atoms with Crippen LogP contribution in [0.15, 0.2) is 43.0 Å². The van der Waals surface area contributed by atoms with E-state index in [1.165, 1.54) is 0 Å². The first kappa shape index (κ1) is 17.8. The van der Waals surface area contributed by atoms with Crippen molar-refractivity contribution in [1.82, 2.24) is 5.32 Å². The summed E-state index contributed by atoms with van der Waals surface area (Å²) in [5, 5.41) is 3.79. The summed E-state index contributed by atoms with van der Waals surface area (Å²) in [5.74, 6) is -1.22. The van der Waals surface area contributed by atoms with Gasteiger partial charge in [-0.3, -0.25) is 4.79 Å². The van der Waals surface area contributed by atoms with Crippen molar-refractivity contribution in [3.05, 3.63) is 54.1 Å². The van der Waals surface area contributed by atoms with E-state index >= 15 is 0 Å². The summed E-state index contributed by atoms with van der Waals surface area (Å²) in [6.07, 6.45) is -2.25. The summed E-state index contributed by atoms with van der Waals surface area (Å²) in [4.78, 5) is 10.9. The molecule has 0 bridgehead atoms. The van der Waals surface area contributed by atoms with E-state index in [-0.39, 0.29) is 13.0 Å². The molecule has 0 atom stereocenters. The Bertz CT molecular complexity index is 754. The lowest BCUT2D eigenvalue weighted by atomic mass is 9.95. The monoisotopic (exact) mass is 337 g/mol. The number of halogens is 3. The van der Waals surface area contributed by atoms with Gasteiger partial charge in [-0.2, -0.15) is 13.2 Å². The molecule has 0 unspecified atom stereocenters. The molecule has 0 saturated heterocycles. The fourth-order valence-corrected chi connectivity index (χ4v) is 2.67. The molecule has 0 aliphatic carbocycles. The zero-order chi connectivity index (χ0) is 17.7. The van der Waals surface area contributed by atoms with Crippen molar-refractivity contribution in [3.8, 4) is 5.75 Å². The number of hydrogen-bond donors (Lipinski definition) is 1. The molecule has 24 heavy (non-hydrogen) atoms. The third-order valence-electron chi connectivity index (χ3n) is 3.70. The standard InChI is InChI=1S/C18H18F3NO2/c1-3-5-14-15(24-2)9-8-12-6-4-7-13(16(12)14)10-11-22-17(23)18(19,20)21/h3-4,6-9H,1,5,10-11H2,2H3,(H,22,23). The summed E-state index contributed by atoms with van der Waals surface area (Å²) in [7, 11) is 1.57. The highest BCUT2D eigenvalue weighted by Crippen LogP contribution is 2.31. The molecule has 6 heteroatoms. The van der Waals surface area contributed by atoms with Crippen LogP contribution in [-0.4, -0.2) is 25.7 Å². The van der Waals surface area contributed by atoms with Crippen molar-refractivity contribution in [3.63, 3.8) is 0 Å². The third kappa shape index (κ3) is 3.88. The topological polar surface area (TPSA) is 38.3 Å². The van der Waals surface area contributed by atoms with Crippen LogP contribution in [-0.2, 0) is 17.6 Å². The van der Waals surface area contributed by atoms with Gasteiger partial charge >= 0.3 is 12.1 Å². The van der Waals surface area contributed by atoms with E-state index in [0.717, 1.165) is 21.9 Å². The number of hydrogen-bond acceptors (Lipinski definition) is 2. The van der Waals surface area contributed by atoms with Crippen molar-refractivity contribution < 1.29 is 22.7 Å². The number of carbonyl (C=O) groups excluding carboxylic acids is 1. The van der Waals surface area contributed by atoms with Gasteiger partial charge in [0.25, 0.3) is 0 Å². The minimum absolute atomic E-state index is 0.0950.